The lowest BCUT2D eigenvalue weighted by atomic mass is 10.00. The molecule has 2 aliphatic heterocycles. The minimum Gasteiger partial charge on any atom is -0.480 e. The molecule has 2 aliphatic rings. The Hall–Kier alpha value is -7.32. The van der Waals surface area contributed by atoms with Gasteiger partial charge in [0.05, 0.1) is 0 Å². The first-order valence-corrected chi connectivity index (χ1v) is 27.4. The number of hydrogen-bond acceptors (Lipinski definition) is 13. The second-order valence-corrected chi connectivity index (χ2v) is 23.2. The predicted octanol–water partition coefficient (Wildman–Crippen LogP) is 7.17. The third-order valence-electron chi connectivity index (χ3n) is 12.9. The lowest BCUT2D eigenvalue weighted by Gasteiger charge is -2.36. The van der Waals surface area contributed by atoms with Crippen LogP contribution in [0.1, 0.15) is 141 Å². The van der Waals surface area contributed by atoms with Crippen molar-refractivity contribution in [3.05, 3.63) is 113 Å². The molecule has 0 bridgehead atoms. The van der Waals surface area contributed by atoms with Crippen molar-refractivity contribution in [3.8, 4) is 0 Å². The third-order valence-corrected chi connectivity index (χ3v) is 12.9. The van der Waals surface area contributed by atoms with Crippen LogP contribution in [-0.4, -0.2) is 123 Å². The Labute approximate surface area is 471 Å². The monoisotopic (exact) mass is 1110 g/mol. The van der Waals surface area contributed by atoms with Gasteiger partial charge in [0.2, 0.25) is 11.8 Å². The maximum Gasteiger partial charge on any atom is 0.408 e. The Kier molecular flexibility index (Phi) is 24.3. The summed E-state index contributed by atoms with van der Waals surface area (Å²) in [7, 11) is 0. The van der Waals surface area contributed by atoms with Crippen molar-refractivity contribution in [2.45, 2.75) is 182 Å². The van der Waals surface area contributed by atoms with E-state index in [1.165, 1.54) is 10.0 Å². The van der Waals surface area contributed by atoms with E-state index in [0.29, 0.717) is 38.8 Å². The summed E-state index contributed by atoms with van der Waals surface area (Å²) in [6, 6.07) is 17.5. The largest absolute Gasteiger partial charge is 0.480 e. The Balaban J connectivity index is 0.000000356. The first-order chi connectivity index (χ1) is 37.4. The first-order valence-electron chi connectivity index (χ1n) is 27.4. The quantitative estimate of drug-likeness (QED) is 0.0464. The molecule has 80 heavy (non-hydrogen) atoms. The molecule has 2 saturated heterocycles. The number of amides is 6. The van der Waals surface area contributed by atoms with E-state index in [1.807, 2.05) is 86.6 Å². The van der Waals surface area contributed by atoms with Crippen molar-refractivity contribution < 1.29 is 57.7 Å². The number of carboxylic acid groups (broad SMARTS) is 1. The summed E-state index contributed by atoms with van der Waals surface area (Å²) in [5, 5.41) is 22.9. The number of aryl methyl sites for hydroxylation is 2. The average molecular weight is 1110 g/mol. The molecular weight excluding hydrogens is 1020 g/mol. The van der Waals surface area contributed by atoms with Gasteiger partial charge in [-0.1, -0.05) is 118 Å². The molecule has 20 nitrogen and oxygen atoms in total. The average Bonchev–Trinajstić information content (AvgIpc) is 3.37. The molecule has 0 aliphatic carbocycles. The van der Waals surface area contributed by atoms with E-state index in [9.17, 15) is 43.5 Å². The number of hydrazine groups is 2. The van der Waals surface area contributed by atoms with Gasteiger partial charge >= 0.3 is 24.1 Å². The molecule has 0 radical (unpaired) electrons. The van der Waals surface area contributed by atoms with E-state index < -0.39 is 101 Å². The number of nitrogens with one attached hydrogen (secondary N) is 6. The molecule has 3 aromatic carbocycles. The van der Waals surface area contributed by atoms with Gasteiger partial charge in [0.25, 0.3) is 11.8 Å². The normalized spacial score (nSPS) is 17.4. The molecule has 0 spiro atoms. The molecule has 0 aromatic heterocycles. The number of carboxylic acids is 1. The third kappa shape index (κ3) is 21.4. The van der Waals surface area contributed by atoms with Crippen LogP contribution in [0, 0.1) is 25.7 Å². The molecular formula is C60H86N8O12. The molecule has 7 atom stereocenters. The highest BCUT2D eigenvalue weighted by molar-refractivity contribution is 5.93. The minimum atomic E-state index is -1.04. The maximum absolute atomic E-state index is 14.0. The van der Waals surface area contributed by atoms with Crippen molar-refractivity contribution in [2.75, 3.05) is 13.1 Å². The van der Waals surface area contributed by atoms with Crippen LogP contribution in [-0.2, 0) is 55.8 Å². The van der Waals surface area contributed by atoms with E-state index in [1.54, 1.807) is 82.2 Å². The van der Waals surface area contributed by atoms with Crippen LogP contribution in [0.3, 0.4) is 0 Å². The molecule has 6 amide bonds. The standard InChI is InChI=1S/C35H48N4O6.C25H38N4O6/c1-9-25-14-11-16-27(20-25)24(5)44-33(42)28-17-12-18-39(38-28)32(41)29(21-26-15-10-13-23(4)19-26)36-31(40)30(22(2)3)37-34(43)45-35(6,7)8;1-15(2)20(27-24(34)35-25(4,5)6)21(30)26-19(14-17-10-7-9-16(3)13-17)22(31)29-12-8-11-18(28-29)23(32)33/h9-11,13-16,19-20,22,24,28-30,38H,1,12,17-18,21H2,2-8H3,(H,36,40)(H,37,43);7,9-10,13,15,18-20,28H,8,11-12,14H2,1-6H3,(H,26,30)(H,27,34)(H,32,33)/t24-,28+,29+,30+;18-,19-,20-/m10/s1. The van der Waals surface area contributed by atoms with Crippen molar-refractivity contribution in [1.82, 2.24) is 42.1 Å². The van der Waals surface area contributed by atoms with Gasteiger partial charge in [-0.3, -0.25) is 38.8 Å². The van der Waals surface area contributed by atoms with Crippen molar-refractivity contribution in [1.29, 1.82) is 0 Å². The smallest absolute Gasteiger partial charge is 0.408 e. The van der Waals surface area contributed by atoms with Gasteiger partial charge in [0.15, 0.2) is 0 Å². The Morgan fingerprint density at radius 3 is 1.46 bits per heavy atom. The van der Waals surface area contributed by atoms with Gasteiger partial charge in [-0.05, 0) is 128 Å². The Morgan fingerprint density at radius 1 is 0.637 bits per heavy atom. The second kappa shape index (κ2) is 29.8. The molecule has 7 N–H and O–H groups in total. The zero-order chi connectivity index (χ0) is 59.6. The first kappa shape index (κ1) is 65.2. The van der Waals surface area contributed by atoms with E-state index in [2.05, 4.69) is 38.7 Å². The number of hydrogen-bond donors (Lipinski definition) is 7. The topological polar surface area (TPSA) is 263 Å². The number of rotatable bonds is 19. The van der Waals surface area contributed by atoms with Crippen LogP contribution in [0.2, 0.25) is 0 Å². The summed E-state index contributed by atoms with van der Waals surface area (Å²) in [6.07, 6.45) is 2.20. The molecule has 20 heteroatoms. The number of carbonyl (C=O) groups is 8. The molecule has 0 unspecified atom stereocenters. The van der Waals surface area contributed by atoms with Crippen LogP contribution in [0.4, 0.5) is 9.59 Å². The van der Waals surface area contributed by atoms with E-state index >= 15 is 0 Å². The molecule has 2 fully saturated rings. The molecule has 5 rings (SSSR count). The highest BCUT2D eigenvalue weighted by Crippen LogP contribution is 2.22. The number of aliphatic carboxylic acids is 1. The van der Waals surface area contributed by atoms with Gasteiger partial charge in [-0.25, -0.2) is 20.4 Å². The fourth-order valence-electron chi connectivity index (χ4n) is 8.89. The highest BCUT2D eigenvalue weighted by Gasteiger charge is 2.38. The van der Waals surface area contributed by atoms with Gasteiger partial charge in [-0.15, -0.1) is 0 Å². The molecule has 3 aromatic rings. The fourth-order valence-corrected chi connectivity index (χ4v) is 8.89. The zero-order valence-electron chi connectivity index (χ0n) is 48.9. The fraction of sp³-hybridized carbons (Fsp3) is 0.533. The summed E-state index contributed by atoms with van der Waals surface area (Å²) in [5.74, 6) is -3.93. The highest BCUT2D eigenvalue weighted by atomic mass is 16.6. The van der Waals surface area contributed by atoms with E-state index in [-0.39, 0.29) is 24.7 Å². The summed E-state index contributed by atoms with van der Waals surface area (Å²) >= 11 is 0. The van der Waals surface area contributed by atoms with Crippen molar-refractivity contribution in [3.63, 3.8) is 0 Å². The van der Waals surface area contributed by atoms with Gasteiger partial charge in [0, 0.05) is 25.9 Å². The van der Waals surface area contributed by atoms with Gasteiger partial charge in [-0.2, -0.15) is 0 Å². The molecule has 2 heterocycles. The zero-order valence-corrected chi connectivity index (χ0v) is 48.9. The maximum atomic E-state index is 14.0. The van der Waals surface area contributed by atoms with E-state index in [0.717, 1.165) is 33.4 Å². The number of benzene rings is 3. The second-order valence-electron chi connectivity index (χ2n) is 23.2. The summed E-state index contributed by atoms with van der Waals surface area (Å²) in [6.45, 7) is 27.7. The van der Waals surface area contributed by atoms with E-state index in [4.69, 9.17) is 14.2 Å². The number of carbonyl (C=O) groups excluding carboxylic acids is 7. The van der Waals surface area contributed by atoms with Gasteiger partial charge < -0.3 is 40.6 Å². The predicted molar refractivity (Wildman–Crippen MR) is 304 cm³/mol. The SMILES string of the molecule is C=Cc1cccc([C@@H](C)OC(=O)[C@@H]2CCCN(C(=O)[C@H](Cc3cccc(C)c3)NC(=O)[C@@H](NC(=O)OC(C)(C)C)C(C)C)N2)c1.Cc1cccc(C[C@H](NC(=O)[C@@H](NC(=O)OC(C)(C)C)C(C)C)C(=O)N2CCC[C@@H](C(=O)O)N2)c1. The Bertz CT molecular complexity index is 2640. The number of nitrogens with zero attached hydrogens (tertiary/aromatic N) is 2. The minimum absolute atomic E-state index is 0.208. The van der Waals surface area contributed by atoms with Crippen LogP contribution in [0.25, 0.3) is 6.08 Å². The van der Waals surface area contributed by atoms with Crippen LogP contribution in [0.5, 0.6) is 0 Å². The lowest BCUT2D eigenvalue weighted by Crippen LogP contribution is -2.62. The molecule has 0 saturated carbocycles. The number of esters is 1. The van der Waals surface area contributed by atoms with Crippen molar-refractivity contribution in [2.24, 2.45) is 11.8 Å². The number of ether oxygens (including phenoxy) is 3. The summed E-state index contributed by atoms with van der Waals surface area (Å²) < 4.78 is 16.4. The molecule has 438 valence electrons. The summed E-state index contributed by atoms with van der Waals surface area (Å²) in [5.41, 5.74) is 9.82. The number of alkyl carbamates (subject to hydrolysis) is 2. The van der Waals surface area contributed by atoms with Crippen LogP contribution in [0.15, 0.2) is 79.4 Å². The van der Waals surface area contributed by atoms with Crippen LogP contribution >= 0.6 is 0 Å². The van der Waals surface area contributed by atoms with Crippen LogP contribution < -0.4 is 32.1 Å². The van der Waals surface area contributed by atoms with Gasteiger partial charge in [0.1, 0.15) is 53.6 Å². The Morgan fingerprint density at radius 2 is 1.06 bits per heavy atom. The summed E-state index contributed by atoms with van der Waals surface area (Å²) in [4.78, 5) is 104. The van der Waals surface area contributed by atoms with Crippen molar-refractivity contribution >= 4 is 53.8 Å². The lowest BCUT2D eigenvalue weighted by molar-refractivity contribution is -0.157.